The number of sulfonamides is 1. The number of nitrogens with zero attached hydrogens (tertiary/aromatic N) is 2. The Morgan fingerprint density at radius 1 is 1.22 bits per heavy atom. The van der Waals surface area contributed by atoms with Crippen molar-refractivity contribution in [3.63, 3.8) is 0 Å². The van der Waals surface area contributed by atoms with Gasteiger partial charge in [-0.3, -0.25) is 5.43 Å². The molecule has 3 atom stereocenters. The average molecular weight is 461 g/mol. The second kappa shape index (κ2) is 9.95. The molecule has 2 aromatic rings. The maximum atomic E-state index is 12.3. The Kier molecular flexibility index (Phi) is 7.50. The van der Waals surface area contributed by atoms with Crippen molar-refractivity contribution in [2.24, 2.45) is 26.8 Å². The third kappa shape index (κ3) is 5.09. The van der Waals surface area contributed by atoms with Crippen LogP contribution in [0.5, 0.6) is 0 Å². The zero-order chi connectivity index (χ0) is 23.4. The third-order valence-corrected chi connectivity index (χ3v) is 7.40. The number of aliphatic hydroxyl groups is 1. The lowest BCUT2D eigenvalue weighted by atomic mass is 9.93. The molecule has 0 aliphatic heterocycles. The van der Waals surface area contributed by atoms with Crippen LogP contribution in [-0.2, 0) is 16.6 Å². The standard InChI is InChI=1S/C22H32N6O3S/c1-3-18(26-28-27-23)21-17(6-5-7-19(21)32(24,30)31)16-10-8-15(9-11-16)13-25-20-12-22(20,4-2)14-29/h5-11,18,20,25,29H,3-4,12-14H2,1-2H3,(H2,23,28)(H,26,27)(H2,24,30,31). The van der Waals surface area contributed by atoms with Crippen LogP contribution in [0.4, 0.5) is 0 Å². The first-order valence-corrected chi connectivity index (χ1v) is 12.3. The molecule has 174 valence electrons. The molecular formula is C22H32N6O3S. The molecule has 2 aromatic carbocycles. The van der Waals surface area contributed by atoms with E-state index in [-0.39, 0.29) is 16.9 Å². The second-order valence-corrected chi connectivity index (χ2v) is 9.81. The summed E-state index contributed by atoms with van der Waals surface area (Å²) in [4.78, 5) is 0.0426. The monoisotopic (exact) mass is 460 g/mol. The minimum atomic E-state index is -3.95. The lowest BCUT2D eigenvalue weighted by Crippen LogP contribution is -2.24. The lowest BCUT2D eigenvalue weighted by molar-refractivity contribution is 0.198. The SMILES string of the molecule is CCC(N/N=N\N)c1c(-c2ccc(CNC3CC3(CC)CO)cc2)cccc1S(N)(=O)=O. The van der Waals surface area contributed by atoms with Gasteiger partial charge in [0.15, 0.2) is 0 Å². The molecule has 7 N–H and O–H groups in total. The summed E-state index contributed by atoms with van der Waals surface area (Å²) in [5.74, 6) is 5.12. The molecule has 3 unspecified atom stereocenters. The van der Waals surface area contributed by atoms with Crippen molar-refractivity contribution in [2.45, 2.75) is 56.6 Å². The highest BCUT2D eigenvalue weighted by atomic mass is 32.2. The van der Waals surface area contributed by atoms with Crippen LogP contribution in [0.3, 0.4) is 0 Å². The van der Waals surface area contributed by atoms with Crippen LogP contribution in [0.2, 0.25) is 0 Å². The molecule has 10 heteroatoms. The van der Waals surface area contributed by atoms with Gasteiger partial charge in [0.2, 0.25) is 10.0 Å². The van der Waals surface area contributed by atoms with Crippen LogP contribution < -0.4 is 21.7 Å². The lowest BCUT2D eigenvalue weighted by Gasteiger charge is -2.21. The van der Waals surface area contributed by atoms with Crippen LogP contribution >= 0.6 is 0 Å². The zero-order valence-corrected chi connectivity index (χ0v) is 19.3. The van der Waals surface area contributed by atoms with Crippen molar-refractivity contribution in [1.29, 1.82) is 0 Å². The number of hydrogen-bond donors (Lipinski definition) is 5. The molecule has 9 nitrogen and oxygen atoms in total. The van der Waals surface area contributed by atoms with Crippen molar-refractivity contribution in [3.05, 3.63) is 53.6 Å². The second-order valence-electron chi connectivity index (χ2n) is 8.28. The van der Waals surface area contributed by atoms with E-state index in [4.69, 9.17) is 11.0 Å². The van der Waals surface area contributed by atoms with Gasteiger partial charge in [-0.25, -0.2) is 13.6 Å². The van der Waals surface area contributed by atoms with Crippen molar-refractivity contribution < 1.29 is 13.5 Å². The topological polar surface area (TPSA) is 155 Å². The first-order valence-electron chi connectivity index (χ1n) is 10.7. The van der Waals surface area contributed by atoms with E-state index in [1.54, 1.807) is 6.07 Å². The van der Waals surface area contributed by atoms with Crippen molar-refractivity contribution in [3.8, 4) is 11.1 Å². The normalized spacial score (nSPS) is 21.6. The minimum absolute atomic E-state index is 0.0199. The van der Waals surface area contributed by atoms with Crippen LogP contribution in [-0.4, -0.2) is 26.2 Å². The highest BCUT2D eigenvalue weighted by molar-refractivity contribution is 7.89. The van der Waals surface area contributed by atoms with Crippen molar-refractivity contribution in [1.82, 2.24) is 10.7 Å². The largest absolute Gasteiger partial charge is 0.396 e. The Hall–Kier alpha value is -2.53. The fourth-order valence-corrected chi connectivity index (χ4v) is 5.05. The van der Waals surface area contributed by atoms with Gasteiger partial charge in [0.25, 0.3) is 0 Å². The summed E-state index contributed by atoms with van der Waals surface area (Å²) >= 11 is 0. The number of nitrogens with one attached hydrogen (secondary N) is 2. The first kappa shape index (κ1) is 24.1. The number of nitrogens with two attached hydrogens (primary N) is 2. The van der Waals surface area contributed by atoms with Crippen LogP contribution in [0.15, 0.2) is 57.8 Å². The summed E-state index contributed by atoms with van der Waals surface area (Å²) in [5, 5.41) is 25.5. The molecule has 0 heterocycles. The van der Waals surface area contributed by atoms with Crippen LogP contribution in [0, 0.1) is 5.41 Å². The van der Waals surface area contributed by atoms with E-state index in [1.807, 2.05) is 37.3 Å². The number of aliphatic hydroxyl groups excluding tert-OH is 1. The van der Waals surface area contributed by atoms with E-state index in [0.717, 1.165) is 29.5 Å². The summed E-state index contributed by atoms with van der Waals surface area (Å²) in [5.41, 5.74) is 6.08. The summed E-state index contributed by atoms with van der Waals surface area (Å²) in [7, 11) is -3.95. The molecule has 0 spiro atoms. The quantitative estimate of drug-likeness (QED) is 0.197. The van der Waals surface area contributed by atoms with E-state index in [9.17, 15) is 13.5 Å². The summed E-state index contributed by atoms with van der Waals surface area (Å²) in [6, 6.07) is 12.9. The van der Waals surface area contributed by atoms with Gasteiger partial charge in [0.05, 0.1) is 17.5 Å². The number of rotatable bonds is 11. The third-order valence-electron chi connectivity index (χ3n) is 6.43. The fourth-order valence-electron chi connectivity index (χ4n) is 4.22. The smallest absolute Gasteiger partial charge is 0.238 e. The number of primary sulfonamides is 1. The van der Waals surface area contributed by atoms with Crippen LogP contribution in [0.25, 0.3) is 11.1 Å². The molecule has 32 heavy (non-hydrogen) atoms. The van der Waals surface area contributed by atoms with E-state index in [2.05, 4.69) is 28.1 Å². The minimum Gasteiger partial charge on any atom is -0.396 e. The molecule has 0 radical (unpaired) electrons. The Balaban J connectivity index is 1.88. The fraction of sp³-hybridized carbons (Fsp3) is 0.455. The summed E-state index contributed by atoms with van der Waals surface area (Å²) in [6.45, 7) is 4.92. The Morgan fingerprint density at radius 2 is 1.94 bits per heavy atom. The van der Waals surface area contributed by atoms with Gasteiger partial charge in [0, 0.05) is 23.6 Å². The predicted molar refractivity (Wildman–Crippen MR) is 124 cm³/mol. The van der Waals surface area contributed by atoms with E-state index in [1.165, 1.54) is 6.07 Å². The molecule has 0 amide bonds. The zero-order valence-electron chi connectivity index (χ0n) is 18.5. The van der Waals surface area contributed by atoms with Gasteiger partial charge in [-0.15, -0.1) is 0 Å². The molecule has 1 aliphatic carbocycles. The maximum Gasteiger partial charge on any atom is 0.238 e. The van der Waals surface area contributed by atoms with Gasteiger partial charge < -0.3 is 16.3 Å². The van der Waals surface area contributed by atoms with Gasteiger partial charge >= 0.3 is 0 Å². The highest BCUT2D eigenvalue weighted by Gasteiger charge is 2.51. The maximum absolute atomic E-state index is 12.3. The first-order chi connectivity index (χ1) is 15.3. The molecule has 1 fully saturated rings. The Labute approximate surface area is 189 Å². The van der Waals surface area contributed by atoms with Crippen LogP contribution in [0.1, 0.15) is 50.3 Å². The molecule has 0 saturated heterocycles. The average Bonchev–Trinajstić information content (AvgIpc) is 3.52. The molecular weight excluding hydrogens is 428 g/mol. The van der Waals surface area contributed by atoms with Crippen molar-refractivity contribution in [2.75, 3.05) is 6.61 Å². The Bertz CT molecular complexity index is 1050. The predicted octanol–water partition coefficient (Wildman–Crippen LogP) is 2.53. The summed E-state index contributed by atoms with van der Waals surface area (Å²) in [6.07, 6.45) is 2.50. The van der Waals surface area contributed by atoms with Gasteiger partial charge in [-0.1, -0.05) is 60.7 Å². The molecule has 1 aliphatic rings. The summed E-state index contributed by atoms with van der Waals surface area (Å²) < 4.78 is 24.6. The Morgan fingerprint density at radius 3 is 2.47 bits per heavy atom. The highest BCUT2D eigenvalue weighted by Crippen LogP contribution is 2.48. The van der Waals surface area contributed by atoms with E-state index >= 15 is 0 Å². The van der Waals surface area contributed by atoms with E-state index in [0.29, 0.717) is 24.6 Å². The van der Waals surface area contributed by atoms with Crippen molar-refractivity contribution >= 4 is 10.0 Å². The van der Waals surface area contributed by atoms with Gasteiger partial charge in [0.1, 0.15) is 0 Å². The molecule has 3 rings (SSSR count). The molecule has 0 bridgehead atoms. The number of hydrogen-bond acceptors (Lipinski definition) is 6. The van der Waals surface area contributed by atoms with Gasteiger partial charge in [-0.2, -0.15) is 0 Å². The van der Waals surface area contributed by atoms with E-state index < -0.39 is 16.1 Å². The number of benzene rings is 2. The molecule has 0 aromatic heterocycles. The molecule has 1 saturated carbocycles. The van der Waals surface area contributed by atoms with Gasteiger partial charge in [-0.05, 0) is 42.0 Å².